The van der Waals surface area contributed by atoms with Gasteiger partial charge in [0.1, 0.15) is 10.9 Å². The van der Waals surface area contributed by atoms with Crippen LogP contribution in [0.5, 0.6) is 0 Å². The lowest BCUT2D eigenvalue weighted by Gasteiger charge is -2.16. The number of fused-ring (bicyclic) bond motifs is 3. The summed E-state index contributed by atoms with van der Waals surface area (Å²) in [4.78, 5) is 31.3. The highest BCUT2D eigenvalue weighted by molar-refractivity contribution is 7.18. The molecule has 2 aromatic rings. The Balaban J connectivity index is 2.06. The van der Waals surface area contributed by atoms with E-state index < -0.39 is 12.0 Å². The topological polar surface area (TPSA) is 61.2 Å². The molecule has 22 heavy (non-hydrogen) atoms. The van der Waals surface area contributed by atoms with Crippen molar-refractivity contribution in [3.8, 4) is 0 Å². The zero-order valence-corrected chi connectivity index (χ0v) is 13.9. The van der Waals surface area contributed by atoms with Crippen molar-refractivity contribution in [3.05, 3.63) is 27.1 Å². The summed E-state index contributed by atoms with van der Waals surface area (Å²) in [6.45, 7) is 5.27. The first-order valence-electron chi connectivity index (χ1n) is 7.71. The fourth-order valence-electron chi connectivity index (χ4n) is 2.88. The average molecular weight is 320 g/mol. The zero-order valence-electron chi connectivity index (χ0n) is 13.1. The van der Waals surface area contributed by atoms with Gasteiger partial charge in [-0.1, -0.05) is 0 Å². The van der Waals surface area contributed by atoms with E-state index in [1.807, 2.05) is 0 Å². The molecule has 0 N–H and O–H groups in total. The maximum atomic E-state index is 12.8. The van der Waals surface area contributed by atoms with Gasteiger partial charge in [-0.2, -0.15) is 0 Å². The first-order valence-corrected chi connectivity index (χ1v) is 8.52. The molecule has 0 aromatic carbocycles. The van der Waals surface area contributed by atoms with Crippen LogP contribution in [0, 0.1) is 0 Å². The van der Waals surface area contributed by atoms with E-state index in [0.717, 1.165) is 29.7 Å². The largest absolute Gasteiger partial charge is 0.461 e. The number of carbonyl (C=O) groups excluding carboxylic acids is 1. The molecule has 0 bridgehead atoms. The summed E-state index contributed by atoms with van der Waals surface area (Å²) >= 11 is 1.61. The third-order valence-corrected chi connectivity index (χ3v) is 5.21. The van der Waals surface area contributed by atoms with Crippen LogP contribution >= 0.6 is 11.3 Å². The Labute approximate surface area is 132 Å². The van der Waals surface area contributed by atoms with E-state index in [2.05, 4.69) is 4.98 Å². The summed E-state index contributed by atoms with van der Waals surface area (Å²) in [7, 11) is 0. The van der Waals surface area contributed by atoms with Crippen LogP contribution in [0.3, 0.4) is 0 Å². The number of esters is 1. The second-order valence-corrected chi connectivity index (χ2v) is 7.09. The zero-order chi connectivity index (χ0) is 15.9. The molecule has 0 aliphatic heterocycles. The molecule has 0 radical (unpaired) electrons. The SMILES string of the molecule is CC(C)OC(=O)C(C)n1cnc2sc3c(c2c1=O)CCCC3. The second kappa shape index (κ2) is 5.83. The molecular formula is C16H20N2O3S. The van der Waals surface area contributed by atoms with Crippen LogP contribution in [0.25, 0.3) is 10.2 Å². The van der Waals surface area contributed by atoms with Crippen LogP contribution in [0.1, 0.15) is 50.1 Å². The summed E-state index contributed by atoms with van der Waals surface area (Å²) in [5.41, 5.74) is 1.01. The monoisotopic (exact) mass is 320 g/mol. The maximum Gasteiger partial charge on any atom is 0.329 e. The number of nitrogens with zero attached hydrogens (tertiary/aromatic N) is 2. The predicted molar refractivity (Wildman–Crippen MR) is 86.5 cm³/mol. The third kappa shape index (κ3) is 2.56. The molecule has 6 heteroatoms. The molecule has 5 nitrogen and oxygen atoms in total. The molecule has 0 amide bonds. The number of ether oxygens (including phenoxy) is 1. The summed E-state index contributed by atoms with van der Waals surface area (Å²) in [5.74, 6) is -0.401. The van der Waals surface area contributed by atoms with Crippen LogP contribution in [0.4, 0.5) is 0 Å². The van der Waals surface area contributed by atoms with Crippen molar-refractivity contribution in [1.29, 1.82) is 0 Å². The van der Waals surface area contributed by atoms with E-state index in [4.69, 9.17) is 4.74 Å². The summed E-state index contributed by atoms with van der Waals surface area (Å²) < 4.78 is 6.60. The first kappa shape index (κ1) is 15.2. The molecule has 0 fully saturated rings. The van der Waals surface area contributed by atoms with Crippen LogP contribution in [0.2, 0.25) is 0 Å². The van der Waals surface area contributed by atoms with Crippen molar-refractivity contribution >= 4 is 27.5 Å². The highest BCUT2D eigenvalue weighted by atomic mass is 32.1. The first-order chi connectivity index (χ1) is 10.5. The van der Waals surface area contributed by atoms with E-state index in [-0.39, 0.29) is 11.7 Å². The van der Waals surface area contributed by atoms with Gasteiger partial charge in [-0.25, -0.2) is 9.78 Å². The molecule has 0 saturated carbocycles. The lowest BCUT2D eigenvalue weighted by atomic mass is 9.97. The van der Waals surface area contributed by atoms with Crippen molar-refractivity contribution < 1.29 is 9.53 Å². The number of carbonyl (C=O) groups is 1. The van der Waals surface area contributed by atoms with E-state index in [9.17, 15) is 9.59 Å². The third-order valence-electron chi connectivity index (χ3n) is 4.01. The lowest BCUT2D eigenvalue weighted by Crippen LogP contribution is -2.30. The smallest absolute Gasteiger partial charge is 0.329 e. The molecule has 1 atom stereocenters. The van der Waals surface area contributed by atoms with Crippen LogP contribution in [-0.4, -0.2) is 21.6 Å². The predicted octanol–water partition coefficient (Wildman–Crippen LogP) is 2.85. The Bertz CT molecular complexity index is 776. The van der Waals surface area contributed by atoms with Crippen molar-refractivity contribution in [2.24, 2.45) is 0 Å². The lowest BCUT2D eigenvalue weighted by molar-refractivity contribution is -0.151. The minimum atomic E-state index is -0.661. The van der Waals surface area contributed by atoms with E-state index >= 15 is 0 Å². The van der Waals surface area contributed by atoms with Crippen LogP contribution in [0.15, 0.2) is 11.1 Å². The molecular weight excluding hydrogens is 300 g/mol. The van der Waals surface area contributed by atoms with Gasteiger partial charge in [0, 0.05) is 4.88 Å². The molecule has 0 spiro atoms. The summed E-state index contributed by atoms with van der Waals surface area (Å²) in [6, 6.07) is -0.661. The Hall–Kier alpha value is -1.69. The number of aryl methyl sites for hydroxylation is 2. The Morgan fingerprint density at radius 2 is 2.05 bits per heavy atom. The van der Waals surface area contributed by atoms with E-state index in [0.29, 0.717) is 5.39 Å². The van der Waals surface area contributed by atoms with Crippen molar-refractivity contribution in [2.45, 2.75) is 58.6 Å². The second-order valence-electron chi connectivity index (χ2n) is 6.01. The summed E-state index contributed by atoms with van der Waals surface area (Å²) in [5, 5.41) is 0.700. The quantitative estimate of drug-likeness (QED) is 0.816. The maximum absolute atomic E-state index is 12.8. The average Bonchev–Trinajstić information content (AvgIpc) is 2.85. The van der Waals surface area contributed by atoms with Crippen LogP contribution in [-0.2, 0) is 22.4 Å². The fraction of sp³-hybridized carbons (Fsp3) is 0.562. The Morgan fingerprint density at radius 3 is 2.77 bits per heavy atom. The Kier molecular flexibility index (Phi) is 4.04. The van der Waals surface area contributed by atoms with Gasteiger partial charge in [0.2, 0.25) is 0 Å². The van der Waals surface area contributed by atoms with E-state index in [1.165, 1.54) is 22.2 Å². The van der Waals surface area contributed by atoms with Crippen molar-refractivity contribution in [2.75, 3.05) is 0 Å². The number of thiophene rings is 1. The highest BCUT2D eigenvalue weighted by Gasteiger charge is 2.24. The number of hydrogen-bond donors (Lipinski definition) is 0. The number of rotatable bonds is 3. The van der Waals surface area contributed by atoms with Crippen molar-refractivity contribution in [3.63, 3.8) is 0 Å². The van der Waals surface area contributed by atoms with Gasteiger partial charge >= 0.3 is 5.97 Å². The molecule has 2 heterocycles. The normalized spacial score (nSPS) is 15.8. The Morgan fingerprint density at radius 1 is 1.32 bits per heavy atom. The van der Waals surface area contributed by atoms with Gasteiger partial charge in [0.15, 0.2) is 0 Å². The molecule has 1 aliphatic carbocycles. The standard InChI is InChI=1S/C16H20N2O3S/c1-9(2)21-16(20)10(3)18-8-17-14-13(15(18)19)11-6-4-5-7-12(11)22-14/h8-10H,4-7H2,1-3H3. The molecule has 118 valence electrons. The fourth-order valence-corrected chi connectivity index (χ4v) is 4.10. The minimum Gasteiger partial charge on any atom is -0.461 e. The van der Waals surface area contributed by atoms with Gasteiger partial charge in [0.25, 0.3) is 5.56 Å². The molecule has 3 rings (SSSR count). The highest BCUT2D eigenvalue weighted by Crippen LogP contribution is 2.33. The number of hydrogen-bond acceptors (Lipinski definition) is 5. The van der Waals surface area contributed by atoms with E-state index in [1.54, 1.807) is 32.1 Å². The van der Waals surface area contributed by atoms with Crippen LogP contribution < -0.4 is 5.56 Å². The van der Waals surface area contributed by atoms with Gasteiger partial charge in [-0.05, 0) is 52.0 Å². The molecule has 1 unspecified atom stereocenters. The van der Waals surface area contributed by atoms with Gasteiger partial charge < -0.3 is 4.74 Å². The molecule has 0 saturated heterocycles. The van der Waals surface area contributed by atoms with Gasteiger partial charge in [-0.3, -0.25) is 9.36 Å². The number of aromatic nitrogens is 2. The van der Waals surface area contributed by atoms with Gasteiger partial charge in [-0.15, -0.1) is 11.3 Å². The molecule has 2 aromatic heterocycles. The van der Waals surface area contributed by atoms with Gasteiger partial charge in [0.05, 0.1) is 17.8 Å². The molecule has 1 aliphatic rings. The minimum absolute atomic E-state index is 0.127. The van der Waals surface area contributed by atoms with Crippen molar-refractivity contribution in [1.82, 2.24) is 9.55 Å². The summed E-state index contributed by atoms with van der Waals surface area (Å²) in [6.07, 6.45) is 5.51.